The van der Waals surface area contributed by atoms with Gasteiger partial charge < -0.3 is 14.3 Å². The van der Waals surface area contributed by atoms with Crippen LogP contribution >= 0.6 is 15.9 Å². The number of amides is 2. The minimum atomic E-state index is -2.92. The fraction of sp³-hybridized carbons (Fsp3) is 0.396. The topological polar surface area (TPSA) is 89.0 Å². The maximum atomic E-state index is 14.5. The Bertz CT molecular complexity index is 2110. The van der Waals surface area contributed by atoms with Crippen LogP contribution in [0, 0.1) is 17.8 Å². The van der Waals surface area contributed by atoms with Crippen LogP contribution in [0.1, 0.15) is 83.4 Å². The first-order chi connectivity index (χ1) is 27.6. The molecule has 0 spiro atoms. The number of carbonyl (C=O) groups excluding carboxylic acids is 2. The standard InChI is InChI=1S/C48H53BrN2O5Si/c1-48(2,3)57(37-17-9-5-10-18-37,38-19-11-6-12-20-38)56-30-34-29-39-45(47(54)51(46(39)53)36-15-7-4-8-16-36)40-31-55-43(44(34)40)25-22-32(41-21-13-14-26-50-41)27-33-28-35(49)23-24-42(33)52/h5-6,9-14,17-21,23-24,26-28,36,39-40,43,45,52H,4,7-8,15-16,22,25,29-31H2,1-3H3/b32-27-/t39-,40+,43-,45-/m1/s1. The first-order valence-electron chi connectivity index (χ1n) is 20.6. The SMILES string of the molecule is CC(C)(C)[Si](OCC1=C2[C@@H](CC/C(=C/c3cc(Br)ccc3O)c3ccccn3)OC[C@@H]2[C@@H]2C(=O)N(C3CCCCC3)C(=O)[C@@H]2C1)(c1ccccc1)c1ccccc1. The number of pyridine rings is 1. The first-order valence-corrected chi connectivity index (χ1v) is 23.3. The number of hydrogen-bond acceptors (Lipinski definition) is 6. The van der Waals surface area contributed by atoms with Gasteiger partial charge in [0.05, 0.1) is 36.8 Å². The Labute approximate surface area is 346 Å². The highest BCUT2D eigenvalue weighted by Gasteiger charge is 2.59. The van der Waals surface area contributed by atoms with Crippen LogP contribution in [-0.4, -0.2) is 60.5 Å². The van der Waals surface area contributed by atoms with Gasteiger partial charge in [-0.05, 0) is 101 Å². The van der Waals surface area contributed by atoms with Crippen molar-refractivity contribution in [1.82, 2.24) is 9.88 Å². The lowest BCUT2D eigenvalue weighted by molar-refractivity contribution is -0.143. The Morgan fingerprint density at radius 3 is 2.25 bits per heavy atom. The van der Waals surface area contributed by atoms with Crippen LogP contribution in [0.5, 0.6) is 5.75 Å². The zero-order valence-corrected chi connectivity index (χ0v) is 35.8. The van der Waals surface area contributed by atoms with Crippen molar-refractivity contribution < 1.29 is 23.9 Å². The zero-order valence-electron chi connectivity index (χ0n) is 33.2. The zero-order chi connectivity index (χ0) is 39.7. The van der Waals surface area contributed by atoms with Gasteiger partial charge in [-0.3, -0.25) is 19.5 Å². The number of imide groups is 1. The van der Waals surface area contributed by atoms with E-state index in [0.29, 0.717) is 38.0 Å². The van der Waals surface area contributed by atoms with Crippen LogP contribution in [-0.2, 0) is 18.8 Å². The first kappa shape index (κ1) is 39.7. The number of halogens is 1. The molecule has 2 aliphatic heterocycles. The van der Waals surface area contributed by atoms with E-state index in [2.05, 4.69) is 97.4 Å². The average molecular weight is 846 g/mol. The van der Waals surface area contributed by atoms with Crippen molar-refractivity contribution in [3.63, 3.8) is 0 Å². The molecule has 1 saturated carbocycles. The third-order valence-corrected chi connectivity index (χ3v) is 18.3. The number of allylic oxidation sites excluding steroid dienone is 1. The summed E-state index contributed by atoms with van der Waals surface area (Å²) >= 11 is 3.57. The molecule has 1 aromatic heterocycles. The van der Waals surface area contributed by atoms with Crippen LogP contribution in [0.15, 0.2) is 119 Å². The summed E-state index contributed by atoms with van der Waals surface area (Å²) in [6.45, 7) is 7.62. The van der Waals surface area contributed by atoms with Crippen molar-refractivity contribution in [3.8, 4) is 5.75 Å². The van der Waals surface area contributed by atoms with E-state index in [-0.39, 0.29) is 40.7 Å². The molecule has 0 radical (unpaired) electrons. The number of fused-ring (bicyclic) bond motifs is 3. The number of nitrogens with zero attached hydrogens (tertiary/aromatic N) is 2. The molecule has 2 aliphatic carbocycles. The summed E-state index contributed by atoms with van der Waals surface area (Å²) in [5, 5.41) is 13.0. The lowest BCUT2D eigenvalue weighted by Crippen LogP contribution is -2.66. The molecule has 296 valence electrons. The van der Waals surface area contributed by atoms with E-state index in [9.17, 15) is 14.7 Å². The van der Waals surface area contributed by atoms with Gasteiger partial charge in [-0.2, -0.15) is 0 Å². The number of aromatic hydroxyl groups is 1. The Balaban J connectivity index is 1.18. The van der Waals surface area contributed by atoms with E-state index in [4.69, 9.17) is 14.1 Å². The summed E-state index contributed by atoms with van der Waals surface area (Å²) in [5.74, 6) is -0.823. The van der Waals surface area contributed by atoms with Gasteiger partial charge in [0.25, 0.3) is 8.32 Å². The molecule has 1 N–H and O–H groups in total. The molecule has 0 bridgehead atoms. The van der Waals surface area contributed by atoms with Crippen molar-refractivity contribution in [2.24, 2.45) is 17.8 Å². The number of benzene rings is 3. The van der Waals surface area contributed by atoms with Crippen LogP contribution in [0.25, 0.3) is 11.6 Å². The summed E-state index contributed by atoms with van der Waals surface area (Å²) in [5.41, 5.74) is 4.76. The molecule has 7 nitrogen and oxygen atoms in total. The number of carbonyl (C=O) groups is 2. The van der Waals surface area contributed by atoms with Crippen molar-refractivity contribution in [3.05, 3.63) is 130 Å². The summed E-state index contributed by atoms with van der Waals surface area (Å²) in [7, 11) is -2.92. The number of phenols is 1. The molecule has 0 unspecified atom stereocenters. The van der Waals surface area contributed by atoms with Gasteiger partial charge >= 0.3 is 0 Å². The van der Waals surface area contributed by atoms with E-state index < -0.39 is 20.2 Å². The van der Waals surface area contributed by atoms with Gasteiger partial charge in [0.1, 0.15) is 5.75 Å². The van der Waals surface area contributed by atoms with Crippen LogP contribution in [0.2, 0.25) is 5.04 Å². The predicted octanol–water partition coefficient (Wildman–Crippen LogP) is 9.10. The second-order valence-electron chi connectivity index (χ2n) is 17.2. The fourth-order valence-corrected chi connectivity index (χ4v) is 15.2. The molecule has 9 heteroatoms. The molecular formula is C48H53BrN2O5Si. The summed E-state index contributed by atoms with van der Waals surface area (Å²) < 4.78 is 15.2. The second-order valence-corrected chi connectivity index (χ2v) is 22.5. The third-order valence-electron chi connectivity index (χ3n) is 12.9. The van der Waals surface area contributed by atoms with Crippen LogP contribution in [0.3, 0.4) is 0 Å². The number of ether oxygens (including phenoxy) is 1. The van der Waals surface area contributed by atoms with Gasteiger partial charge in [0.15, 0.2) is 0 Å². The Kier molecular flexibility index (Phi) is 11.6. The molecule has 8 rings (SSSR count). The number of phenolic OH excluding ortho intramolecular Hbond substituents is 1. The number of rotatable bonds is 11. The van der Waals surface area contributed by atoms with Gasteiger partial charge in [0.2, 0.25) is 11.8 Å². The molecule has 57 heavy (non-hydrogen) atoms. The maximum absolute atomic E-state index is 14.5. The highest BCUT2D eigenvalue weighted by Crippen LogP contribution is 2.51. The molecule has 3 heterocycles. The summed E-state index contributed by atoms with van der Waals surface area (Å²) in [6.07, 6.45) is 10.4. The molecule has 4 atom stereocenters. The van der Waals surface area contributed by atoms with E-state index in [0.717, 1.165) is 59.0 Å². The van der Waals surface area contributed by atoms with E-state index in [1.54, 1.807) is 17.2 Å². The third kappa shape index (κ3) is 7.64. The predicted molar refractivity (Wildman–Crippen MR) is 231 cm³/mol. The second kappa shape index (κ2) is 16.6. The van der Waals surface area contributed by atoms with Crippen molar-refractivity contribution in [2.45, 2.75) is 89.3 Å². The smallest absolute Gasteiger partial charge is 0.261 e. The number of hydrogen-bond donors (Lipinski definition) is 1. The van der Waals surface area contributed by atoms with Gasteiger partial charge in [0, 0.05) is 28.2 Å². The van der Waals surface area contributed by atoms with E-state index in [1.165, 1.54) is 10.4 Å². The Hall–Kier alpha value is -4.15. The molecular weight excluding hydrogens is 793 g/mol. The highest BCUT2D eigenvalue weighted by molar-refractivity contribution is 9.10. The van der Waals surface area contributed by atoms with Crippen LogP contribution < -0.4 is 10.4 Å². The average Bonchev–Trinajstić information content (AvgIpc) is 3.76. The Morgan fingerprint density at radius 2 is 1.60 bits per heavy atom. The lowest BCUT2D eigenvalue weighted by atomic mass is 9.69. The number of likely N-dealkylation sites (tertiary alicyclic amines) is 1. The van der Waals surface area contributed by atoms with E-state index in [1.807, 2.05) is 36.4 Å². The normalized spacial score (nSPS) is 23.2. The maximum Gasteiger partial charge on any atom is 0.261 e. The summed E-state index contributed by atoms with van der Waals surface area (Å²) in [4.78, 5) is 35.3. The van der Waals surface area contributed by atoms with Gasteiger partial charge in [-0.1, -0.05) is 123 Å². The minimum absolute atomic E-state index is 0.00319. The van der Waals surface area contributed by atoms with Gasteiger partial charge in [-0.15, -0.1) is 0 Å². The van der Waals surface area contributed by atoms with Crippen molar-refractivity contribution >= 4 is 58.1 Å². The molecule has 4 aromatic rings. The summed E-state index contributed by atoms with van der Waals surface area (Å²) in [6, 6.07) is 32.6. The van der Waals surface area contributed by atoms with Crippen molar-refractivity contribution in [1.29, 1.82) is 0 Å². The largest absolute Gasteiger partial charge is 0.507 e. The van der Waals surface area contributed by atoms with Crippen molar-refractivity contribution in [2.75, 3.05) is 13.2 Å². The Morgan fingerprint density at radius 1 is 0.912 bits per heavy atom. The molecule has 3 aromatic carbocycles. The minimum Gasteiger partial charge on any atom is -0.507 e. The van der Waals surface area contributed by atoms with Crippen LogP contribution in [0.4, 0.5) is 0 Å². The molecule has 4 aliphatic rings. The monoisotopic (exact) mass is 844 g/mol. The fourth-order valence-electron chi connectivity index (χ4n) is 10.2. The molecule has 2 amide bonds. The quantitative estimate of drug-likeness (QED) is 0.0922. The number of aromatic nitrogens is 1. The molecule has 2 saturated heterocycles. The molecule has 3 fully saturated rings. The van der Waals surface area contributed by atoms with Gasteiger partial charge in [-0.25, -0.2) is 0 Å². The lowest BCUT2D eigenvalue weighted by Gasteiger charge is -2.44. The highest BCUT2D eigenvalue weighted by atomic mass is 79.9. The van der Waals surface area contributed by atoms with E-state index >= 15 is 0 Å².